The van der Waals surface area contributed by atoms with Gasteiger partial charge >= 0.3 is 11.9 Å². The summed E-state index contributed by atoms with van der Waals surface area (Å²) in [4.78, 5) is 21.8. The molecule has 0 heterocycles. The van der Waals surface area contributed by atoms with Gasteiger partial charge in [0, 0.05) is 6.04 Å². The molecule has 1 N–H and O–H groups in total. The number of carbonyl (C=O) groups is 2. The number of amides is 1. The molecule has 1 aliphatic carbocycles. The fourth-order valence-electron chi connectivity index (χ4n) is 1.42. The number of hydrogen-bond donors (Lipinski definition) is 1. The topological polar surface area (TPSA) is 55.4 Å². The molecule has 0 aliphatic heterocycles. The number of ether oxygens (including phenoxy) is 1. The standard InChI is InChI=1S/C9H15NO3/c1-6(7-4-3-5-7)10-8(11)9(12)13-2/h6-7H,3-5H2,1-2H3,(H,10,11). The fraction of sp³-hybridized carbons (Fsp3) is 0.778. The molecule has 1 amide bonds. The molecule has 0 aromatic heterocycles. The Morgan fingerprint density at radius 1 is 1.46 bits per heavy atom. The van der Waals surface area contributed by atoms with Crippen molar-refractivity contribution in [2.24, 2.45) is 5.92 Å². The van der Waals surface area contributed by atoms with E-state index in [0.717, 1.165) is 12.8 Å². The van der Waals surface area contributed by atoms with Crippen molar-refractivity contribution in [2.45, 2.75) is 32.2 Å². The van der Waals surface area contributed by atoms with Crippen LogP contribution >= 0.6 is 0 Å². The first-order valence-corrected chi connectivity index (χ1v) is 4.54. The summed E-state index contributed by atoms with van der Waals surface area (Å²) >= 11 is 0. The number of hydrogen-bond acceptors (Lipinski definition) is 3. The van der Waals surface area contributed by atoms with Crippen LogP contribution in [0.1, 0.15) is 26.2 Å². The highest BCUT2D eigenvalue weighted by Crippen LogP contribution is 2.29. The third-order valence-corrected chi connectivity index (χ3v) is 2.59. The Labute approximate surface area is 77.6 Å². The van der Waals surface area contributed by atoms with Gasteiger partial charge in [-0.2, -0.15) is 0 Å². The number of methoxy groups -OCH3 is 1. The highest BCUT2D eigenvalue weighted by Gasteiger charge is 2.26. The summed E-state index contributed by atoms with van der Waals surface area (Å²) in [5.41, 5.74) is 0. The molecule has 0 radical (unpaired) electrons. The molecule has 0 aromatic carbocycles. The summed E-state index contributed by atoms with van der Waals surface area (Å²) in [6.45, 7) is 1.92. The summed E-state index contributed by atoms with van der Waals surface area (Å²) in [7, 11) is 1.20. The predicted octanol–water partition coefficient (Wildman–Crippen LogP) is 0.464. The lowest BCUT2D eigenvalue weighted by Gasteiger charge is -2.31. The van der Waals surface area contributed by atoms with Gasteiger partial charge in [0.15, 0.2) is 0 Å². The van der Waals surface area contributed by atoms with Crippen molar-refractivity contribution in [3.05, 3.63) is 0 Å². The van der Waals surface area contributed by atoms with E-state index in [2.05, 4.69) is 10.1 Å². The van der Waals surface area contributed by atoms with E-state index in [-0.39, 0.29) is 6.04 Å². The maximum absolute atomic E-state index is 11.0. The summed E-state index contributed by atoms with van der Waals surface area (Å²) in [5.74, 6) is -0.915. The van der Waals surface area contributed by atoms with Crippen LogP contribution in [0.3, 0.4) is 0 Å². The fourth-order valence-corrected chi connectivity index (χ4v) is 1.42. The summed E-state index contributed by atoms with van der Waals surface area (Å²) < 4.78 is 4.29. The average molecular weight is 185 g/mol. The van der Waals surface area contributed by atoms with Crippen LogP contribution in [0.25, 0.3) is 0 Å². The number of nitrogens with one attached hydrogen (secondary N) is 1. The average Bonchev–Trinajstić information content (AvgIpc) is 1.99. The summed E-state index contributed by atoms with van der Waals surface area (Å²) in [5, 5.41) is 2.62. The monoisotopic (exact) mass is 185 g/mol. The van der Waals surface area contributed by atoms with E-state index in [0.29, 0.717) is 5.92 Å². The van der Waals surface area contributed by atoms with E-state index in [4.69, 9.17) is 0 Å². The van der Waals surface area contributed by atoms with Crippen LogP contribution in [0.15, 0.2) is 0 Å². The molecule has 1 atom stereocenters. The van der Waals surface area contributed by atoms with Crippen molar-refractivity contribution >= 4 is 11.9 Å². The predicted molar refractivity (Wildman–Crippen MR) is 47.0 cm³/mol. The zero-order chi connectivity index (χ0) is 9.84. The van der Waals surface area contributed by atoms with Gasteiger partial charge in [-0.3, -0.25) is 4.79 Å². The third kappa shape index (κ3) is 2.44. The van der Waals surface area contributed by atoms with Crippen LogP contribution in [0, 0.1) is 5.92 Å². The molecule has 0 saturated heterocycles. The highest BCUT2D eigenvalue weighted by molar-refractivity contribution is 6.32. The van der Waals surface area contributed by atoms with E-state index in [1.54, 1.807) is 0 Å². The molecule has 13 heavy (non-hydrogen) atoms. The third-order valence-electron chi connectivity index (χ3n) is 2.59. The first-order chi connectivity index (χ1) is 6.15. The quantitative estimate of drug-likeness (QED) is 0.502. The van der Waals surface area contributed by atoms with E-state index < -0.39 is 11.9 Å². The maximum atomic E-state index is 11.0. The molecule has 1 fully saturated rings. The molecule has 0 bridgehead atoms. The second-order valence-electron chi connectivity index (χ2n) is 3.44. The molecule has 4 nitrogen and oxygen atoms in total. The summed E-state index contributed by atoms with van der Waals surface area (Å²) in [6, 6.07) is 0.0837. The van der Waals surface area contributed by atoms with Crippen LogP contribution < -0.4 is 5.32 Å². The zero-order valence-corrected chi connectivity index (χ0v) is 8.00. The SMILES string of the molecule is COC(=O)C(=O)NC(C)C1CCC1. The Bertz CT molecular complexity index is 211. The minimum atomic E-state index is -0.814. The molecule has 4 heteroatoms. The second-order valence-corrected chi connectivity index (χ2v) is 3.44. The van der Waals surface area contributed by atoms with Crippen molar-refractivity contribution in [3.63, 3.8) is 0 Å². The van der Waals surface area contributed by atoms with Crippen molar-refractivity contribution < 1.29 is 14.3 Å². The Hall–Kier alpha value is -1.06. The minimum Gasteiger partial charge on any atom is -0.462 e. The lowest BCUT2D eigenvalue weighted by Crippen LogP contribution is -2.44. The van der Waals surface area contributed by atoms with Gasteiger partial charge in [0.05, 0.1) is 7.11 Å². The Balaban J connectivity index is 2.30. The molecule has 1 unspecified atom stereocenters. The minimum absolute atomic E-state index is 0.0837. The Kier molecular flexibility index (Phi) is 3.28. The van der Waals surface area contributed by atoms with Gasteiger partial charge < -0.3 is 10.1 Å². The summed E-state index contributed by atoms with van der Waals surface area (Å²) in [6.07, 6.45) is 3.51. The van der Waals surface area contributed by atoms with Gasteiger partial charge in [0.1, 0.15) is 0 Å². The van der Waals surface area contributed by atoms with Crippen molar-refractivity contribution in [3.8, 4) is 0 Å². The molecule has 1 rings (SSSR count). The molecule has 0 spiro atoms. The Morgan fingerprint density at radius 3 is 2.46 bits per heavy atom. The largest absolute Gasteiger partial charge is 0.462 e. The first-order valence-electron chi connectivity index (χ1n) is 4.54. The van der Waals surface area contributed by atoms with Crippen molar-refractivity contribution in [1.82, 2.24) is 5.32 Å². The Morgan fingerprint density at radius 2 is 2.08 bits per heavy atom. The molecule has 1 saturated carbocycles. The van der Waals surface area contributed by atoms with Gasteiger partial charge in [-0.15, -0.1) is 0 Å². The van der Waals surface area contributed by atoms with Crippen LogP contribution in [-0.4, -0.2) is 25.0 Å². The first kappa shape index (κ1) is 10.0. The maximum Gasteiger partial charge on any atom is 0.396 e. The van der Waals surface area contributed by atoms with Crippen LogP contribution in [0.4, 0.5) is 0 Å². The van der Waals surface area contributed by atoms with Gasteiger partial charge in [-0.25, -0.2) is 4.79 Å². The van der Waals surface area contributed by atoms with Gasteiger partial charge in [0.2, 0.25) is 0 Å². The van der Waals surface area contributed by atoms with Crippen LogP contribution in [-0.2, 0) is 14.3 Å². The van der Waals surface area contributed by atoms with E-state index >= 15 is 0 Å². The van der Waals surface area contributed by atoms with Gasteiger partial charge in [0.25, 0.3) is 0 Å². The zero-order valence-electron chi connectivity index (χ0n) is 8.00. The number of rotatable bonds is 2. The van der Waals surface area contributed by atoms with E-state index in [1.165, 1.54) is 13.5 Å². The van der Waals surface area contributed by atoms with Gasteiger partial charge in [-0.05, 0) is 25.7 Å². The normalized spacial score (nSPS) is 18.6. The second kappa shape index (κ2) is 4.25. The van der Waals surface area contributed by atoms with Crippen LogP contribution in [0.5, 0.6) is 0 Å². The lowest BCUT2D eigenvalue weighted by molar-refractivity contribution is -0.153. The number of esters is 1. The van der Waals surface area contributed by atoms with Crippen LogP contribution in [0.2, 0.25) is 0 Å². The highest BCUT2D eigenvalue weighted by atomic mass is 16.5. The molecular formula is C9H15NO3. The van der Waals surface area contributed by atoms with Crippen molar-refractivity contribution in [2.75, 3.05) is 7.11 Å². The van der Waals surface area contributed by atoms with E-state index in [9.17, 15) is 9.59 Å². The van der Waals surface area contributed by atoms with E-state index in [1.807, 2.05) is 6.92 Å². The lowest BCUT2D eigenvalue weighted by atomic mass is 9.80. The molecular weight excluding hydrogens is 170 g/mol. The molecule has 1 aliphatic rings. The number of carbonyl (C=O) groups excluding carboxylic acids is 2. The smallest absolute Gasteiger partial charge is 0.396 e. The molecule has 0 aromatic rings. The van der Waals surface area contributed by atoms with Gasteiger partial charge in [-0.1, -0.05) is 6.42 Å². The molecule has 74 valence electrons. The van der Waals surface area contributed by atoms with Crippen molar-refractivity contribution in [1.29, 1.82) is 0 Å².